The lowest BCUT2D eigenvalue weighted by atomic mass is 10.0. The molecule has 0 spiro atoms. The van der Waals surface area contributed by atoms with Crippen molar-refractivity contribution in [2.24, 2.45) is 0 Å². The molecule has 2 rings (SSSR count). The summed E-state index contributed by atoms with van der Waals surface area (Å²) in [6.07, 6.45) is -4.54. The number of carbonyl (C=O) groups excluding carboxylic acids is 1. The molecule has 0 aliphatic carbocycles. The number of carbonyl (C=O) groups is 1. The van der Waals surface area contributed by atoms with Crippen LogP contribution >= 0.6 is 11.6 Å². The molecule has 2 aromatic rings. The minimum Gasteiger partial charge on any atom is -0.288 e. The SMILES string of the molecule is O=C(c1ccc(C(F)(F)F)cc1)c1cc(F)c(Cl)cc1F. The molecule has 0 saturated carbocycles. The van der Waals surface area contributed by atoms with E-state index in [1.54, 1.807) is 0 Å². The zero-order chi connectivity index (χ0) is 15.8. The third kappa shape index (κ3) is 3.21. The zero-order valence-electron chi connectivity index (χ0n) is 10.1. The van der Waals surface area contributed by atoms with E-state index in [0.29, 0.717) is 24.3 Å². The zero-order valence-corrected chi connectivity index (χ0v) is 10.9. The van der Waals surface area contributed by atoms with Crippen LogP contribution in [0.1, 0.15) is 21.5 Å². The smallest absolute Gasteiger partial charge is 0.288 e. The molecule has 0 amide bonds. The molecular weight excluding hydrogens is 315 g/mol. The first kappa shape index (κ1) is 15.4. The van der Waals surface area contributed by atoms with E-state index in [1.165, 1.54) is 0 Å². The second-order valence-electron chi connectivity index (χ2n) is 4.15. The number of rotatable bonds is 2. The van der Waals surface area contributed by atoms with Crippen molar-refractivity contribution in [2.75, 3.05) is 0 Å². The largest absolute Gasteiger partial charge is 0.416 e. The molecule has 110 valence electrons. The Bertz CT molecular complexity index is 692. The highest BCUT2D eigenvalue weighted by atomic mass is 35.5. The predicted molar refractivity (Wildman–Crippen MR) is 66.2 cm³/mol. The van der Waals surface area contributed by atoms with Crippen LogP contribution in [0.3, 0.4) is 0 Å². The van der Waals surface area contributed by atoms with Crippen molar-refractivity contribution in [1.29, 1.82) is 0 Å². The fourth-order valence-corrected chi connectivity index (χ4v) is 1.81. The number of alkyl halides is 3. The normalized spacial score (nSPS) is 11.5. The van der Waals surface area contributed by atoms with Crippen LogP contribution < -0.4 is 0 Å². The molecule has 0 radical (unpaired) electrons. The summed E-state index contributed by atoms with van der Waals surface area (Å²) < 4.78 is 64.0. The summed E-state index contributed by atoms with van der Waals surface area (Å²) in [5.74, 6) is -2.98. The molecule has 0 unspecified atom stereocenters. The van der Waals surface area contributed by atoms with Crippen molar-refractivity contribution in [2.45, 2.75) is 6.18 Å². The van der Waals surface area contributed by atoms with Crippen LogP contribution in [0.4, 0.5) is 22.0 Å². The van der Waals surface area contributed by atoms with Gasteiger partial charge in [0.05, 0.1) is 16.1 Å². The second-order valence-corrected chi connectivity index (χ2v) is 4.56. The van der Waals surface area contributed by atoms with Crippen LogP contribution in [-0.2, 0) is 6.18 Å². The lowest BCUT2D eigenvalue weighted by Gasteiger charge is -2.08. The minimum absolute atomic E-state index is 0.191. The van der Waals surface area contributed by atoms with E-state index < -0.39 is 39.7 Å². The van der Waals surface area contributed by atoms with Gasteiger partial charge in [-0.15, -0.1) is 0 Å². The third-order valence-electron chi connectivity index (χ3n) is 2.73. The quantitative estimate of drug-likeness (QED) is 0.438. The van der Waals surface area contributed by atoms with Gasteiger partial charge in [-0.25, -0.2) is 8.78 Å². The van der Waals surface area contributed by atoms with E-state index >= 15 is 0 Å². The molecule has 0 saturated heterocycles. The van der Waals surface area contributed by atoms with Gasteiger partial charge in [0.2, 0.25) is 0 Å². The Morgan fingerprint density at radius 3 is 2.05 bits per heavy atom. The Labute approximate surface area is 121 Å². The van der Waals surface area contributed by atoms with E-state index in [9.17, 15) is 26.7 Å². The first-order valence-electron chi connectivity index (χ1n) is 5.56. The Morgan fingerprint density at radius 1 is 0.952 bits per heavy atom. The highest BCUT2D eigenvalue weighted by Crippen LogP contribution is 2.29. The monoisotopic (exact) mass is 320 g/mol. The summed E-state index contributed by atoms with van der Waals surface area (Å²) >= 11 is 5.36. The number of hydrogen-bond donors (Lipinski definition) is 0. The van der Waals surface area contributed by atoms with Crippen LogP contribution in [0.5, 0.6) is 0 Å². The number of halogens is 6. The van der Waals surface area contributed by atoms with E-state index in [0.717, 1.165) is 12.1 Å². The summed E-state index contributed by atoms with van der Waals surface area (Å²) in [4.78, 5) is 12.0. The molecule has 0 fully saturated rings. The van der Waals surface area contributed by atoms with E-state index in [1.807, 2.05) is 0 Å². The van der Waals surface area contributed by atoms with Crippen LogP contribution in [0.25, 0.3) is 0 Å². The van der Waals surface area contributed by atoms with E-state index in [4.69, 9.17) is 11.6 Å². The molecule has 0 heterocycles. The predicted octanol–water partition coefficient (Wildman–Crippen LogP) is 4.87. The van der Waals surface area contributed by atoms with Gasteiger partial charge in [-0.3, -0.25) is 4.79 Å². The number of benzene rings is 2. The fraction of sp³-hybridized carbons (Fsp3) is 0.0714. The summed E-state index contributed by atoms with van der Waals surface area (Å²) in [6.45, 7) is 0. The molecule has 7 heteroatoms. The average molecular weight is 321 g/mol. The molecule has 0 aliphatic rings. The second kappa shape index (κ2) is 5.44. The summed E-state index contributed by atoms with van der Waals surface area (Å²) in [7, 11) is 0. The van der Waals surface area contributed by atoms with Crippen LogP contribution in [0.15, 0.2) is 36.4 Å². The van der Waals surface area contributed by atoms with E-state index in [-0.39, 0.29) is 5.56 Å². The Hall–Kier alpha value is -1.95. The number of ketones is 1. The number of hydrogen-bond acceptors (Lipinski definition) is 1. The molecule has 0 aromatic heterocycles. The third-order valence-corrected chi connectivity index (χ3v) is 3.02. The maximum Gasteiger partial charge on any atom is 0.416 e. The Balaban J connectivity index is 2.39. The topological polar surface area (TPSA) is 17.1 Å². The molecule has 21 heavy (non-hydrogen) atoms. The van der Waals surface area contributed by atoms with Gasteiger partial charge in [0.25, 0.3) is 0 Å². The minimum atomic E-state index is -4.54. The summed E-state index contributed by atoms with van der Waals surface area (Å²) in [5.41, 5.74) is -1.73. The van der Waals surface area contributed by atoms with Gasteiger partial charge in [0.15, 0.2) is 5.78 Å². The molecular formula is C14H6ClF5O. The average Bonchev–Trinajstić information content (AvgIpc) is 2.41. The van der Waals surface area contributed by atoms with Crippen molar-refractivity contribution in [3.63, 3.8) is 0 Å². The van der Waals surface area contributed by atoms with Crippen molar-refractivity contribution >= 4 is 17.4 Å². The first-order chi connectivity index (χ1) is 9.70. The van der Waals surface area contributed by atoms with Gasteiger partial charge in [0.1, 0.15) is 11.6 Å². The van der Waals surface area contributed by atoms with Gasteiger partial charge in [-0.05, 0) is 24.3 Å². The highest BCUT2D eigenvalue weighted by molar-refractivity contribution is 6.30. The Morgan fingerprint density at radius 2 is 1.52 bits per heavy atom. The van der Waals surface area contributed by atoms with E-state index in [2.05, 4.69) is 0 Å². The molecule has 0 bridgehead atoms. The molecule has 0 atom stereocenters. The molecule has 1 nitrogen and oxygen atoms in total. The van der Waals surface area contributed by atoms with Gasteiger partial charge < -0.3 is 0 Å². The lowest BCUT2D eigenvalue weighted by Crippen LogP contribution is -2.08. The maximum absolute atomic E-state index is 13.6. The lowest BCUT2D eigenvalue weighted by molar-refractivity contribution is -0.137. The van der Waals surface area contributed by atoms with Gasteiger partial charge >= 0.3 is 6.18 Å². The Kier molecular flexibility index (Phi) is 4.00. The van der Waals surface area contributed by atoms with Crippen molar-refractivity contribution in [3.8, 4) is 0 Å². The van der Waals surface area contributed by atoms with Crippen molar-refractivity contribution in [1.82, 2.24) is 0 Å². The standard InChI is InChI=1S/C14H6ClF5O/c15-10-6-11(16)9(5-12(10)17)13(21)7-1-3-8(4-2-7)14(18,19)20/h1-6H. The maximum atomic E-state index is 13.6. The van der Waals surface area contributed by atoms with Crippen molar-refractivity contribution < 1.29 is 26.7 Å². The van der Waals surface area contributed by atoms with Crippen LogP contribution in [-0.4, -0.2) is 5.78 Å². The summed E-state index contributed by atoms with van der Waals surface area (Å²) in [5, 5.41) is -0.489. The highest BCUT2D eigenvalue weighted by Gasteiger charge is 2.30. The van der Waals surface area contributed by atoms with Gasteiger partial charge in [-0.1, -0.05) is 23.7 Å². The van der Waals surface area contributed by atoms with Crippen LogP contribution in [0, 0.1) is 11.6 Å². The van der Waals surface area contributed by atoms with Crippen LogP contribution in [0.2, 0.25) is 5.02 Å². The van der Waals surface area contributed by atoms with Crippen molar-refractivity contribution in [3.05, 3.63) is 69.7 Å². The molecule has 2 aromatic carbocycles. The molecule has 0 aliphatic heterocycles. The van der Waals surface area contributed by atoms with Gasteiger partial charge in [-0.2, -0.15) is 13.2 Å². The van der Waals surface area contributed by atoms with Gasteiger partial charge in [0, 0.05) is 5.56 Å². The fourth-order valence-electron chi connectivity index (χ4n) is 1.66. The molecule has 0 N–H and O–H groups in total. The summed E-state index contributed by atoms with van der Waals surface area (Å²) in [6, 6.07) is 4.43. The first-order valence-corrected chi connectivity index (χ1v) is 5.94.